The average Bonchev–Trinajstić information content (AvgIpc) is 3.01. The van der Waals surface area contributed by atoms with Crippen LogP contribution in [0.15, 0.2) is 24.4 Å². The lowest BCUT2D eigenvalue weighted by atomic mass is 10.1. The number of likely N-dealkylation sites (tertiary alicyclic amines) is 1. The Bertz CT molecular complexity index is 1080. The van der Waals surface area contributed by atoms with E-state index in [0.29, 0.717) is 48.8 Å². The van der Waals surface area contributed by atoms with Crippen LogP contribution in [0.1, 0.15) is 33.3 Å². The second kappa shape index (κ2) is 8.88. The number of aromatic nitrogens is 1. The largest absolute Gasteiger partial charge is 0.443 e. The van der Waals surface area contributed by atoms with Gasteiger partial charge in [0.2, 0.25) is 5.91 Å². The number of halogens is 3. The normalized spacial score (nSPS) is 22.6. The lowest BCUT2D eigenvalue weighted by Gasteiger charge is -2.20. The molecule has 1 saturated heterocycles. The van der Waals surface area contributed by atoms with Crippen LogP contribution >= 0.6 is 0 Å². The molecule has 0 radical (unpaired) electrons. The van der Waals surface area contributed by atoms with E-state index in [0.717, 1.165) is 5.56 Å². The first-order chi connectivity index (χ1) is 15.8. The number of amides is 1. The summed E-state index contributed by atoms with van der Waals surface area (Å²) in [6, 6.07) is 5.49. The van der Waals surface area contributed by atoms with Gasteiger partial charge < -0.3 is 14.8 Å². The molecule has 1 aromatic heterocycles. The van der Waals surface area contributed by atoms with E-state index in [2.05, 4.69) is 5.32 Å². The van der Waals surface area contributed by atoms with Gasteiger partial charge >= 0.3 is 12.3 Å². The number of ether oxygens (including phenoxy) is 2. The van der Waals surface area contributed by atoms with Crippen molar-refractivity contribution in [1.29, 1.82) is 0 Å². The monoisotopic (exact) mass is 481 g/mol. The highest BCUT2D eigenvalue weighted by Gasteiger charge is 2.56. The molecule has 34 heavy (non-hydrogen) atoms. The molecule has 0 spiro atoms. The minimum absolute atomic E-state index is 0.260. The molecule has 2 atom stereocenters. The predicted molar refractivity (Wildman–Crippen MR) is 120 cm³/mol. The fourth-order valence-electron chi connectivity index (χ4n) is 4.80. The number of nitrogens with one attached hydrogen (secondary N) is 1. The summed E-state index contributed by atoms with van der Waals surface area (Å²) in [5.74, 6) is 0.597. The maximum atomic E-state index is 12.6. The Balaban J connectivity index is 1.39. The van der Waals surface area contributed by atoms with Gasteiger partial charge in [0.1, 0.15) is 5.60 Å². The van der Waals surface area contributed by atoms with Crippen LogP contribution in [0.5, 0.6) is 0 Å². The third kappa shape index (κ3) is 5.72. The minimum atomic E-state index is -4.15. The van der Waals surface area contributed by atoms with Crippen LogP contribution in [-0.2, 0) is 20.9 Å². The highest BCUT2D eigenvalue weighted by Crippen LogP contribution is 2.52. The maximum absolute atomic E-state index is 12.6. The summed E-state index contributed by atoms with van der Waals surface area (Å²) in [4.78, 5) is 25.8. The van der Waals surface area contributed by atoms with Gasteiger partial charge in [-0.05, 0) is 56.2 Å². The molecule has 2 fully saturated rings. The highest BCUT2D eigenvalue weighted by atomic mass is 19.4. The van der Waals surface area contributed by atoms with Crippen LogP contribution in [-0.4, -0.2) is 59.5 Å². The van der Waals surface area contributed by atoms with Gasteiger partial charge in [0, 0.05) is 31.6 Å². The maximum Gasteiger partial charge on any atom is 0.419 e. The lowest BCUT2D eigenvalue weighted by Crippen LogP contribution is -2.34. The van der Waals surface area contributed by atoms with Crippen molar-refractivity contribution in [3.8, 4) is 0 Å². The van der Waals surface area contributed by atoms with E-state index < -0.39 is 24.4 Å². The summed E-state index contributed by atoms with van der Waals surface area (Å²) in [5.41, 5.74) is 1.30. The first kappa shape index (κ1) is 24.5. The molecular formula is C24H30F3N3O4. The summed E-state index contributed by atoms with van der Waals surface area (Å²) in [6.07, 6.45) is -3.15. The van der Waals surface area contributed by atoms with Gasteiger partial charge in [-0.1, -0.05) is 6.07 Å². The quantitative estimate of drug-likeness (QED) is 0.651. The van der Waals surface area contributed by atoms with Crippen LogP contribution in [0, 0.1) is 17.8 Å². The Hall–Kier alpha value is -2.59. The minimum Gasteiger partial charge on any atom is -0.443 e. The van der Waals surface area contributed by atoms with E-state index >= 15 is 0 Å². The molecule has 7 nitrogen and oxygen atoms in total. The molecule has 10 heteroatoms. The standard InChI is InChI=1S/C24H30F3N3O4/c1-14(31)28-20-10-30(22(32)34-23(2,3)4)21-6-5-15(7-16(20)21)11-33-12-19-17-8-29(9-18(17)19)13-24(25,26)27/h5-7,10,17-19H,8-9,11-13H2,1-4H3,(H,28,31). The first-order valence-corrected chi connectivity index (χ1v) is 11.3. The van der Waals surface area contributed by atoms with Gasteiger partial charge in [-0.15, -0.1) is 0 Å². The summed E-state index contributed by atoms with van der Waals surface area (Å²) in [6.45, 7) is 7.68. The Morgan fingerprint density at radius 2 is 1.82 bits per heavy atom. The summed E-state index contributed by atoms with van der Waals surface area (Å²) < 4.78 is 50.4. The Labute approximate surface area is 196 Å². The number of carbonyl (C=O) groups excluding carboxylic acids is 2. The highest BCUT2D eigenvalue weighted by molar-refractivity contribution is 6.04. The number of fused-ring (bicyclic) bond motifs is 2. The van der Waals surface area contributed by atoms with E-state index in [4.69, 9.17) is 9.47 Å². The number of piperidine rings is 1. The third-order valence-electron chi connectivity index (χ3n) is 6.20. The SMILES string of the molecule is CC(=O)Nc1cn(C(=O)OC(C)(C)C)c2ccc(COCC3C4CN(CC(F)(F)F)CC34)cc12. The van der Waals surface area contributed by atoms with Crippen molar-refractivity contribution < 1.29 is 32.2 Å². The first-order valence-electron chi connectivity index (χ1n) is 11.3. The Kier molecular flexibility index (Phi) is 6.41. The Morgan fingerprint density at radius 1 is 1.15 bits per heavy atom. The molecule has 2 aromatic rings. The third-order valence-corrected chi connectivity index (χ3v) is 6.20. The molecule has 4 rings (SSSR count). The molecule has 1 saturated carbocycles. The lowest BCUT2D eigenvalue weighted by molar-refractivity contribution is -0.145. The molecule has 1 N–H and O–H groups in total. The smallest absolute Gasteiger partial charge is 0.419 e. The molecule has 186 valence electrons. The molecule has 0 bridgehead atoms. The zero-order valence-corrected chi connectivity index (χ0v) is 19.7. The number of anilines is 1. The predicted octanol–water partition coefficient (Wildman–Crippen LogP) is 4.64. The van der Waals surface area contributed by atoms with Crippen molar-refractivity contribution in [3.63, 3.8) is 0 Å². The van der Waals surface area contributed by atoms with Crippen molar-refractivity contribution in [1.82, 2.24) is 9.47 Å². The van der Waals surface area contributed by atoms with Gasteiger partial charge in [-0.25, -0.2) is 4.79 Å². The number of carbonyl (C=O) groups is 2. The van der Waals surface area contributed by atoms with Crippen molar-refractivity contribution in [3.05, 3.63) is 30.0 Å². The van der Waals surface area contributed by atoms with Gasteiger partial charge in [0.25, 0.3) is 0 Å². The molecular weight excluding hydrogens is 451 g/mol. The van der Waals surface area contributed by atoms with Crippen molar-refractivity contribution in [2.45, 2.75) is 46.1 Å². The molecule has 1 amide bonds. The number of benzene rings is 1. The van der Waals surface area contributed by atoms with Crippen LogP contribution in [0.25, 0.3) is 10.9 Å². The van der Waals surface area contributed by atoms with Crippen LogP contribution in [0.3, 0.4) is 0 Å². The number of nitrogens with zero attached hydrogens (tertiary/aromatic N) is 2. The number of alkyl halides is 3. The van der Waals surface area contributed by atoms with E-state index in [9.17, 15) is 22.8 Å². The van der Waals surface area contributed by atoms with Crippen LogP contribution < -0.4 is 5.32 Å². The van der Waals surface area contributed by atoms with Crippen LogP contribution in [0.4, 0.5) is 23.7 Å². The van der Waals surface area contributed by atoms with Crippen molar-refractivity contribution >= 4 is 28.6 Å². The molecule has 2 unspecified atom stereocenters. The second-order valence-corrected chi connectivity index (χ2v) is 10.2. The summed E-state index contributed by atoms with van der Waals surface area (Å²) in [7, 11) is 0. The van der Waals surface area contributed by atoms with Gasteiger partial charge in [0.15, 0.2) is 0 Å². The summed E-state index contributed by atoms with van der Waals surface area (Å²) >= 11 is 0. The zero-order valence-electron chi connectivity index (χ0n) is 19.7. The fourth-order valence-corrected chi connectivity index (χ4v) is 4.80. The molecule has 1 aromatic carbocycles. The molecule has 1 aliphatic carbocycles. The molecule has 2 aliphatic rings. The van der Waals surface area contributed by atoms with Gasteiger partial charge in [0.05, 0.1) is 31.0 Å². The van der Waals surface area contributed by atoms with Crippen molar-refractivity contribution in [2.24, 2.45) is 17.8 Å². The van der Waals surface area contributed by atoms with E-state index in [1.165, 1.54) is 16.4 Å². The van der Waals surface area contributed by atoms with E-state index in [1.54, 1.807) is 33.0 Å². The molecule has 2 heterocycles. The van der Waals surface area contributed by atoms with E-state index in [-0.39, 0.29) is 17.7 Å². The molecule has 1 aliphatic heterocycles. The Morgan fingerprint density at radius 3 is 2.41 bits per heavy atom. The van der Waals surface area contributed by atoms with Gasteiger partial charge in [-0.3, -0.25) is 14.3 Å². The number of hydrogen-bond acceptors (Lipinski definition) is 5. The zero-order chi connectivity index (χ0) is 24.8. The number of hydrogen-bond donors (Lipinski definition) is 1. The van der Waals surface area contributed by atoms with Gasteiger partial charge in [-0.2, -0.15) is 13.2 Å². The summed E-state index contributed by atoms with van der Waals surface area (Å²) in [5, 5.41) is 3.44. The van der Waals surface area contributed by atoms with E-state index in [1.807, 2.05) is 12.1 Å². The fraction of sp³-hybridized carbons (Fsp3) is 0.583. The second-order valence-electron chi connectivity index (χ2n) is 10.2. The van der Waals surface area contributed by atoms with Crippen molar-refractivity contribution in [2.75, 3.05) is 31.6 Å². The topological polar surface area (TPSA) is 72.8 Å². The van der Waals surface area contributed by atoms with Crippen LogP contribution in [0.2, 0.25) is 0 Å². The number of rotatable bonds is 6. The average molecular weight is 482 g/mol.